The molecule has 0 saturated carbocycles. The van der Waals surface area contributed by atoms with Crippen LogP contribution in [-0.4, -0.2) is 75.9 Å². The van der Waals surface area contributed by atoms with E-state index in [1.54, 1.807) is 6.07 Å². The van der Waals surface area contributed by atoms with Gasteiger partial charge >= 0.3 is 11.9 Å². The third kappa shape index (κ3) is 2.03. The summed E-state index contributed by atoms with van der Waals surface area (Å²) in [7, 11) is 1.48. The number of carbonyl (C=O) groups excluding carboxylic acids is 2. The van der Waals surface area contributed by atoms with Crippen molar-refractivity contribution in [3.8, 4) is 5.75 Å². The lowest BCUT2D eigenvalue weighted by Crippen LogP contribution is -2.70. The van der Waals surface area contributed by atoms with E-state index < -0.39 is 48.4 Å². The Bertz CT molecular complexity index is 1220. The maximum atomic E-state index is 13.8. The van der Waals surface area contributed by atoms with Crippen LogP contribution in [0.25, 0.3) is 10.8 Å². The van der Waals surface area contributed by atoms with Crippen molar-refractivity contribution in [1.29, 1.82) is 0 Å². The van der Waals surface area contributed by atoms with Crippen LogP contribution in [0, 0.1) is 0 Å². The summed E-state index contributed by atoms with van der Waals surface area (Å²) in [6, 6.07) is 10.4. The number of rotatable bonds is 2. The van der Waals surface area contributed by atoms with Crippen LogP contribution in [0.15, 0.2) is 41.4 Å². The minimum Gasteiger partial charge on any atom is -0.445 e. The molecule has 32 heavy (non-hydrogen) atoms. The fourth-order valence-corrected chi connectivity index (χ4v) is 5.26. The van der Waals surface area contributed by atoms with Gasteiger partial charge in [-0.05, 0) is 16.8 Å². The number of guanidine groups is 1. The van der Waals surface area contributed by atoms with E-state index in [-0.39, 0.29) is 12.4 Å². The van der Waals surface area contributed by atoms with Gasteiger partial charge in [0.15, 0.2) is 0 Å². The summed E-state index contributed by atoms with van der Waals surface area (Å²) in [5.74, 6) is -2.14. The van der Waals surface area contributed by atoms with E-state index >= 15 is 0 Å². The zero-order valence-electron chi connectivity index (χ0n) is 17.1. The summed E-state index contributed by atoms with van der Waals surface area (Å²) in [5, 5.41) is 24.2. The third-order valence-electron chi connectivity index (χ3n) is 6.75. The Kier molecular flexibility index (Phi) is 3.67. The Morgan fingerprint density at radius 2 is 2.06 bits per heavy atom. The fraction of sp³-hybridized carbons (Fsp3) is 0.381. The molecule has 0 bridgehead atoms. The zero-order chi connectivity index (χ0) is 22.4. The number of aliphatic hydroxyl groups is 2. The van der Waals surface area contributed by atoms with Crippen molar-refractivity contribution in [2.45, 2.75) is 36.2 Å². The minimum atomic E-state index is -1.89. The van der Waals surface area contributed by atoms with Gasteiger partial charge in [0.1, 0.15) is 18.1 Å². The van der Waals surface area contributed by atoms with Crippen LogP contribution in [0.1, 0.15) is 12.0 Å². The molecule has 4 aliphatic heterocycles. The van der Waals surface area contributed by atoms with Crippen LogP contribution in [0.3, 0.4) is 0 Å². The standard InChI is InChI=1S/C21H21N5O6/c1-25-17(29)20-16-11-5-3-2-4-10(11)6-7-13(16)32-21(20,23-18(25)22)26(19(30)24-20)15-8-12(28)14(9-27)31-15/h2-7,12,14-15,27-28H,8-9H2,1H3,(H2,22,23)(H,24,30)/t12-,14+,15+,20?,21?/m0/s1. The van der Waals surface area contributed by atoms with Crippen LogP contribution in [0.5, 0.6) is 5.75 Å². The minimum absolute atomic E-state index is 0.0103. The molecule has 2 saturated heterocycles. The van der Waals surface area contributed by atoms with Gasteiger partial charge in [0.2, 0.25) is 11.5 Å². The fourth-order valence-electron chi connectivity index (χ4n) is 5.26. The first-order valence-corrected chi connectivity index (χ1v) is 10.2. The maximum absolute atomic E-state index is 13.8. The maximum Gasteiger partial charge on any atom is 0.328 e. The monoisotopic (exact) mass is 439 g/mol. The molecular formula is C21H21N5O6. The number of nitrogens with one attached hydrogen (secondary N) is 1. The number of amides is 3. The summed E-state index contributed by atoms with van der Waals surface area (Å²) in [6.45, 7) is -0.427. The number of carbonyl (C=O) groups is 2. The van der Waals surface area contributed by atoms with Crippen LogP contribution >= 0.6 is 0 Å². The smallest absolute Gasteiger partial charge is 0.328 e. The quantitative estimate of drug-likeness (QED) is 0.486. The number of aliphatic hydroxyl groups excluding tert-OH is 2. The number of nitrogens with two attached hydrogens (primary N) is 1. The molecule has 2 aromatic carbocycles. The van der Waals surface area contributed by atoms with E-state index in [1.165, 1.54) is 16.8 Å². The molecular weight excluding hydrogens is 418 g/mol. The molecule has 5 N–H and O–H groups in total. The molecule has 2 unspecified atom stereocenters. The number of hydrogen-bond donors (Lipinski definition) is 4. The van der Waals surface area contributed by atoms with Gasteiger partial charge in [-0.15, -0.1) is 0 Å². The summed E-state index contributed by atoms with van der Waals surface area (Å²) >= 11 is 0. The van der Waals surface area contributed by atoms with E-state index in [1.807, 2.05) is 30.3 Å². The van der Waals surface area contributed by atoms with Gasteiger partial charge in [-0.2, -0.15) is 4.99 Å². The Balaban J connectivity index is 1.62. The summed E-state index contributed by atoms with van der Waals surface area (Å²) in [6.07, 6.45) is -2.88. The van der Waals surface area contributed by atoms with Crippen molar-refractivity contribution in [3.05, 3.63) is 42.0 Å². The lowest BCUT2D eigenvalue weighted by atomic mass is 9.81. The summed E-state index contributed by atoms with van der Waals surface area (Å²) < 4.78 is 12.1. The number of aliphatic imine (C=N–C) groups is 1. The Labute approximate surface area is 182 Å². The van der Waals surface area contributed by atoms with E-state index in [4.69, 9.17) is 15.2 Å². The van der Waals surface area contributed by atoms with E-state index in [0.717, 1.165) is 10.8 Å². The number of ether oxygens (including phenoxy) is 2. The van der Waals surface area contributed by atoms with Crippen LogP contribution < -0.4 is 15.8 Å². The van der Waals surface area contributed by atoms with Gasteiger partial charge in [0.25, 0.3) is 5.91 Å². The highest BCUT2D eigenvalue weighted by molar-refractivity contribution is 6.11. The van der Waals surface area contributed by atoms with Gasteiger partial charge in [-0.3, -0.25) is 9.69 Å². The molecule has 2 fully saturated rings. The van der Waals surface area contributed by atoms with Crippen molar-refractivity contribution in [2.75, 3.05) is 13.7 Å². The summed E-state index contributed by atoms with van der Waals surface area (Å²) in [4.78, 5) is 34.1. The molecule has 0 aromatic heterocycles. The van der Waals surface area contributed by atoms with Crippen LogP contribution in [0.2, 0.25) is 0 Å². The van der Waals surface area contributed by atoms with Crippen LogP contribution in [0.4, 0.5) is 4.79 Å². The second-order valence-electron chi connectivity index (χ2n) is 8.37. The van der Waals surface area contributed by atoms with Gasteiger partial charge < -0.3 is 30.7 Å². The molecule has 0 spiro atoms. The van der Waals surface area contributed by atoms with Crippen molar-refractivity contribution < 1.29 is 29.3 Å². The van der Waals surface area contributed by atoms with E-state index in [9.17, 15) is 19.8 Å². The predicted octanol–water partition coefficient (Wildman–Crippen LogP) is -0.639. The normalized spacial score (nSPS) is 35.3. The number of urea groups is 1. The van der Waals surface area contributed by atoms with Crippen molar-refractivity contribution >= 4 is 28.7 Å². The van der Waals surface area contributed by atoms with E-state index in [0.29, 0.717) is 11.3 Å². The van der Waals surface area contributed by atoms with Crippen molar-refractivity contribution in [1.82, 2.24) is 15.1 Å². The number of nitrogens with zero attached hydrogens (tertiary/aromatic N) is 3. The molecule has 2 aromatic rings. The average Bonchev–Trinajstić information content (AvgIpc) is 3.36. The number of hydrogen-bond acceptors (Lipinski definition) is 8. The molecule has 3 amide bonds. The molecule has 6 rings (SSSR count). The first-order valence-electron chi connectivity index (χ1n) is 10.2. The summed E-state index contributed by atoms with van der Waals surface area (Å²) in [5.41, 5.74) is 4.85. The highest BCUT2D eigenvalue weighted by atomic mass is 16.6. The Hall–Kier alpha value is -3.41. The van der Waals surface area contributed by atoms with Crippen molar-refractivity contribution in [2.24, 2.45) is 10.7 Å². The molecule has 4 heterocycles. The second kappa shape index (κ2) is 6.09. The van der Waals surface area contributed by atoms with Gasteiger partial charge in [0, 0.05) is 19.0 Å². The first kappa shape index (κ1) is 19.3. The zero-order valence-corrected chi connectivity index (χ0v) is 17.1. The largest absolute Gasteiger partial charge is 0.445 e. The van der Waals surface area contributed by atoms with Gasteiger partial charge in [-0.25, -0.2) is 9.69 Å². The van der Waals surface area contributed by atoms with Gasteiger partial charge in [-0.1, -0.05) is 30.3 Å². The topological polar surface area (TPSA) is 150 Å². The molecule has 11 heteroatoms. The third-order valence-corrected chi connectivity index (χ3v) is 6.75. The molecule has 0 aliphatic carbocycles. The lowest BCUT2D eigenvalue weighted by Gasteiger charge is -2.43. The highest BCUT2D eigenvalue weighted by Gasteiger charge is 2.79. The SMILES string of the molecule is CN1C(=O)C23NC(=O)N([C@H]4C[C@H](O)[C@@H](CO)O4)C2(N=C1N)Oc1ccc2ccccc2c13. The lowest BCUT2D eigenvalue weighted by molar-refractivity contribution is -0.169. The highest BCUT2D eigenvalue weighted by Crippen LogP contribution is 2.58. The van der Waals surface area contributed by atoms with Crippen molar-refractivity contribution in [3.63, 3.8) is 0 Å². The van der Waals surface area contributed by atoms with Crippen LogP contribution in [-0.2, 0) is 15.1 Å². The second-order valence-corrected chi connectivity index (χ2v) is 8.37. The molecule has 0 radical (unpaired) electrons. The van der Waals surface area contributed by atoms with Gasteiger partial charge in [0.05, 0.1) is 12.7 Å². The average molecular weight is 439 g/mol. The predicted molar refractivity (Wildman–Crippen MR) is 110 cm³/mol. The molecule has 5 atom stereocenters. The molecule has 166 valence electrons. The number of benzene rings is 2. The Morgan fingerprint density at radius 1 is 1.28 bits per heavy atom. The van der Waals surface area contributed by atoms with E-state index in [2.05, 4.69) is 10.3 Å². The molecule has 11 nitrogen and oxygen atoms in total. The molecule has 4 aliphatic rings. The first-order chi connectivity index (χ1) is 15.3. The number of fused-ring (bicyclic) bond motifs is 3. The Morgan fingerprint density at radius 3 is 2.81 bits per heavy atom. The number of likely N-dealkylation sites (N-methyl/N-ethyl adjacent to an activating group) is 1.